The van der Waals surface area contributed by atoms with Crippen LogP contribution in [0.5, 0.6) is 0 Å². The van der Waals surface area contributed by atoms with E-state index in [-0.39, 0.29) is 0 Å². The van der Waals surface area contributed by atoms with E-state index in [0.717, 1.165) is 18.8 Å². The zero-order chi connectivity index (χ0) is 13.2. The zero-order valence-corrected chi connectivity index (χ0v) is 12.0. The minimum atomic E-state index is 0.492. The van der Waals surface area contributed by atoms with Gasteiger partial charge in [-0.25, -0.2) is 0 Å². The van der Waals surface area contributed by atoms with Crippen LogP contribution in [0.1, 0.15) is 58.2 Å². The van der Waals surface area contributed by atoms with E-state index in [1.165, 1.54) is 43.3 Å². The molecule has 0 amide bonds. The quantitative estimate of drug-likeness (QED) is 0.649. The maximum atomic E-state index is 4.26. The third kappa shape index (κ3) is 6.10. The molecule has 18 heavy (non-hydrogen) atoms. The van der Waals surface area contributed by atoms with Gasteiger partial charge in [0, 0.05) is 12.5 Å². The van der Waals surface area contributed by atoms with Crippen LogP contribution in [0.4, 0.5) is 0 Å². The highest BCUT2D eigenvalue weighted by molar-refractivity contribution is 4.84. The SMILES string of the molecule is CCCCCCC(Cc1nnn(C)n1)NCCC. The van der Waals surface area contributed by atoms with Gasteiger partial charge in [0.05, 0.1) is 7.05 Å². The van der Waals surface area contributed by atoms with Crippen molar-refractivity contribution in [3.63, 3.8) is 0 Å². The smallest absolute Gasteiger partial charge is 0.176 e. The van der Waals surface area contributed by atoms with E-state index < -0.39 is 0 Å². The van der Waals surface area contributed by atoms with Crippen LogP contribution in [0.2, 0.25) is 0 Å². The monoisotopic (exact) mass is 253 g/mol. The summed E-state index contributed by atoms with van der Waals surface area (Å²) < 4.78 is 0. The lowest BCUT2D eigenvalue weighted by Crippen LogP contribution is -2.32. The first-order chi connectivity index (χ1) is 8.76. The lowest BCUT2D eigenvalue weighted by atomic mass is 10.0. The first kappa shape index (κ1) is 15.1. The van der Waals surface area contributed by atoms with E-state index >= 15 is 0 Å². The van der Waals surface area contributed by atoms with Gasteiger partial charge in [-0.3, -0.25) is 0 Å². The van der Waals surface area contributed by atoms with Gasteiger partial charge in [0.25, 0.3) is 0 Å². The van der Waals surface area contributed by atoms with E-state index in [9.17, 15) is 0 Å². The molecule has 104 valence electrons. The van der Waals surface area contributed by atoms with Gasteiger partial charge in [-0.2, -0.15) is 4.80 Å². The van der Waals surface area contributed by atoms with Gasteiger partial charge in [-0.1, -0.05) is 39.5 Å². The van der Waals surface area contributed by atoms with Crippen LogP contribution in [-0.2, 0) is 13.5 Å². The fourth-order valence-corrected chi connectivity index (χ4v) is 2.07. The molecular formula is C13H27N5. The molecule has 1 rings (SSSR count). The van der Waals surface area contributed by atoms with Crippen molar-refractivity contribution >= 4 is 0 Å². The van der Waals surface area contributed by atoms with Crippen molar-refractivity contribution in [2.75, 3.05) is 6.54 Å². The van der Waals surface area contributed by atoms with Crippen LogP contribution < -0.4 is 5.32 Å². The van der Waals surface area contributed by atoms with Crippen LogP contribution in [-0.4, -0.2) is 32.8 Å². The Morgan fingerprint density at radius 2 is 2.00 bits per heavy atom. The standard InChI is InChI=1S/C13H27N5/c1-4-6-7-8-9-12(14-10-5-2)11-13-15-17-18(3)16-13/h12,14H,4-11H2,1-3H3. The Labute approximate surface area is 110 Å². The number of nitrogens with zero attached hydrogens (tertiary/aromatic N) is 4. The third-order valence-corrected chi connectivity index (χ3v) is 3.07. The van der Waals surface area contributed by atoms with Crippen LogP contribution >= 0.6 is 0 Å². The molecule has 0 aliphatic heterocycles. The Morgan fingerprint density at radius 3 is 2.61 bits per heavy atom. The Bertz CT molecular complexity index is 310. The molecule has 0 aliphatic carbocycles. The molecule has 0 aromatic carbocycles. The van der Waals surface area contributed by atoms with Gasteiger partial charge in [-0.05, 0) is 24.6 Å². The fourth-order valence-electron chi connectivity index (χ4n) is 2.07. The topological polar surface area (TPSA) is 55.6 Å². The second kappa shape index (κ2) is 9.03. The average Bonchev–Trinajstić information content (AvgIpc) is 2.77. The molecule has 1 N–H and O–H groups in total. The van der Waals surface area contributed by atoms with Crippen molar-refractivity contribution in [3.05, 3.63) is 5.82 Å². The van der Waals surface area contributed by atoms with Gasteiger partial charge in [0.2, 0.25) is 0 Å². The lowest BCUT2D eigenvalue weighted by Gasteiger charge is -2.16. The minimum absolute atomic E-state index is 0.492. The first-order valence-corrected chi connectivity index (χ1v) is 7.22. The molecule has 1 aromatic rings. The van der Waals surface area contributed by atoms with E-state index in [4.69, 9.17) is 0 Å². The molecule has 1 atom stereocenters. The predicted octanol–water partition coefficient (Wildman–Crippen LogP) is 2.09. The largest absolute Gasteiger partial charge is 0.314 e. The summed E-state index contributed by atoms with van der Waals surface area (Å²) in [5.74, 6) is 0.849. The Hall–Kier alpha value is -0.970. The normalized spacial score (nSPS) is 12.8. The summed E-state index contributed by atoms with van der Waals surface area (Å²) in [6.07, 6.45) is 8.50. The number of tetrazole rings is 1. The summed E-state index contributed by atoms with van der Waals surface area (Å²) in [5, 5.41) is 15.8. The molecule has 0 saturated heterocycles. The van der Waals surface area contributed by atoms with Gasteiger partial charge in [-0.15, -0.1) is 10.2 Å². The van der Waals surface area contributed by atoms with Crippen molar-refractivity contribution in [2.24, 2.45) is 7.05 Å². The van der Waals surface area contributed by atoms with Crippen LogP contribution in [0, 0.1) is 0 Å². The Kier molecular flexibility index (Phi) is 7.57. The summed E-state index contributed by atoms with van der Waals surface area (Å²) in [6.45, 7) is 5.51. The highest BCUT2D eigenvalue weighted by atomic mass is 15.6. The summed E-state index contributed by atoms with van der Waals surface area (Å²) in [4.78, 5) is 1.53. The summed E-state index contributed by atoms with van der Waals surface area (Å²) in [6, 6.07) is 0.492. The first-order valence-electron chi connectivity index (χ1n) is 7.22. The van der Waals surface area contributed by atoms with Crippen LogP contribution in [0.15, 0.2) is 0 Å². The van der Waals surface area contributed by atoms with Crippen LogP contribution in [0.25, 0.3) is 0 Å². The van der Waals surface area contributed by atoms with Gasteiger partial charge < -0.3 is 5.32 Å². The van der Waals surface area contributed by atoms with Gasteiger partial charge in [0.1, 0.15) is 0 Å². The van der Waals surface area contributed by atoms with E-state index in [1.807, 2.05) is 7.05 Å². The molecule has 0 saturated carbocycles. The number of rotatable bonds is 10. The molecule has 1 unspecified atom stereocenters. The molecule has 1 aromatic heterocycles. The number of aryl methyl sites for hydroxylation is 1. The molecule has 0 spiro atoms. The van der Waals surface area contributed by atoms with E-state index in [2.05, 4.69) is 34.6 Å². The number of aromatic nitrogens is 4. The zero-order valence-electron chi connectivity index (χ0n) is 12.0. The van der Waals surface area contributed by atoms with Crippen molar-refractivity contribution < 1.29 is 0 Å². The summed E-state index contributed by atoms with van der Waals surface area (Å²) in [5.41, 5.74) is 0. The van der Waals surface area contributed by atoms with Gasteiger partial charge >= 0.3 is 0 Å². The molecule has 5 heteroatoms. The molecule has 1 heterocycles. The second-order valence-corrected chi connectivity index (χ2v) is 4.90. The predicted molar refractivity (Wildman–Crippen MR) is 73.3 cm³/mol. The number of unbranched alkanes of at least 4 members (excludes halogenated alkanes) is 3. The van der Waals surface area contributed by atoms with Crippen molar-refractivity contribution in [1.82, 2.24) is 25.5 Å². The highest BCUT2D eigenvalue weighted by Gasteiger charge is 2.11. The molecule has 0 bridgehead atoms. The number of nitrogens with one attached hydrogen (secondary N) is 1. The maximum absolute atomic E-state index is 4.26. The maximum Gasteiger partial charge on any atom is 0.176 e. The summed E-state index contributed by atoms with van der Waals surface area (Å²) >= 11 is 0. The summed E-state index contributed by atoms with van der Waals surface area (Å²) in [7, 11) is 1.81. The molecular weight excluding hydrogens is 226 g/mol. The Balaban J connectivity index is 2.34. The highest BCUT2D eigenvalue weighted by Crippen LogP contribution is 2.08. The minimum Gasteiger partial charge on any atom is -0.314 e. The van der Waals surface area contributed by atoms with Crippen molar-refractivity contribution in [2.45, 2.75) is 64.8 Å². The number of hydrogen-bond acceptors (Lipinski definition) is 4. The molecule has 5 nitrogen and oxygen atoms in total. The Morgan fingerprint density at radius 1 is 1.17 bits per heavy atom. The fraction of sp³-hybridized carbons (Fsp3) is 0.923. The van der Waals surface area contributed by atoms with E-state index in [1.54, 1.807) is 0 Å². The van der Waals surface area contributed by atoms with Crippen molar-refractivity contribution in [3.8, 4) is 0 Å². The van der Waals surface area contributed by atoms with Crippen LogP contribution in [0.3, 0.4) is 0 Å². The molecule has 0 fully saturated rings. The number of hydrogen-bond donors (Lipinski definition) is 1. The average molecular weight is 253 g/mol. The van der Waals surface area contributed by atoms with Gasteiger partial charge in [0.15, 0.2) is 5.82 Å². The van der Waals surface area contributed by atoms with E-state index in [0.29, 0.717) is 6.04 Å². The molecule has 0 radical (unpaired) electrons. The third-order valence-electron chi connectivity index (χ3n) is 3.07. The molecule has 0 aliphatic rings. The lowest BCUT2D eigenvalue weighted by molar-refractivity contribution is 0.445. The second-order valence-electron chi connectivity index (χ2n) is 4.90. The van der Waals surface area contributed by atoms with Crippen molar-refractivity contribution in [1.29, 1.82) is 0 Å².